The molecule has 6 atom stereocenters. The molecule has 43 heavy (non-hydrogen) atoms. The lowest BCUT2D eigenvalue weighted by Gasteiger charge is -2.27. The summed E-state index contributed by atoms with van der Waals surface area (Å²) in [6.45, 7) is 23.7. The lowest BCUT2D eigenvalue weighted by molar-refractivity contribution is -0.228. The van der Waals surface area contributed by atoms with Crippen LogP contribution in [-0.4, -0.2) is 79.6 Å². The SMILES string of the molecule is C=C(C)C(=O)OC(C)C(OC(=O)C(=C)C)OC(C)C(=O)OCOC(=O)C(C)OC(OC(=O)C(=C)C)C(C)OC(=O)C(=C)C. The molecule has 0 amide bonds. The molecule has 0 aliphatic rings. The van der Waals surface area contributed by atoms with Crippen LogP contribution in [0.25, 0.3) is 0 Å². The maximum atomic E-state index is 12.4. The Labute approximate surface area is 250 Å². The normalized spacial score (nSPS) is 14.7. The Morgan fingerprint density at radius 2 is 0.744 bits per heavy atom. The van der Waals surface area contributed by atoms with Gasteiger partial charge in [-0.25, -0.2) is 28.8 Å². The maximum Gasteiger partial charge on any atom is 0.338 e. The zero-order valence-corrected chi connectivity index (χ0v) is 25.7. The molecule has 0 rings (SSSR count). The standard InChI is InChI=1S/C29H40O14/c1-14(2)22(30)38-20(11)28(42-24(32)16(5)6)40-18(9)26(34)36-13-37-27(35)19(10)41-29(43-25(33)17(7)8)21(12)39-23(31)15(3)4/h18-21,28-29H,1,3,5,7,13H2,2,4,6,8-12H3. The molecular formula is C29H40O14. The minimum Gasteiger partial charge on any atom is -0.453 e. The van der Waals surface area contributed by atoms with Gasteiger partial charge in [-0.3, -0.25) is 0 Å². The Morgan fingerprint density at radius 3 is 1.00 bits per heavy atom. The van der Waals surface area contributed by atoms with Gasteiger partial charge in [-0.05, 0) is 55.4 Å². The van der Waals surface area contributed by atoms with Gasteiger partial charge in [0.05, 0.1) is 0 Å². The van der Waals surface area contributed by atoms with Crippen LogP contribution in [0, 0.1) is 0 Å². The quantitative estimate of drug-likeness (QED) is 0.0955. The molecule has 0 N–H and O–H groups in total. The van der Waals surface area contributed by atoms with Crippen molar-refractivity contribution in [1.82, 2.24) is 0 Å². The fourth-order valence-corrected chi connectivity index (χ4v) is 2.42. The second kappa shape index (κ2) is 18.3. The summed E-state index contributed by atoms with van der Waals surface area (Å²) in [5.74, 6) is -5.39. The summed E-state index contributed by atoms with van der Waals surface area (Å²) < 4.78 is 41.1. The van der Waals surface area contributed by atoms with Crippen LogP contribution in [0.3, 0.4) is 0 Å². The van der Waals surface area contributed by atoms with Gasteiger partial charge in [-0.2, -0.15) is 0 Å². The second-order valence-electron chi connectivity index (χ2n) is 9.49. The molecular weight excluding hydrogens is 572 g/mol. The monoisotopic (exact) mass is 612 g/mol. The zero-order valence-electron chi connectivity index (χ0n) is 25.7. The first-order valence-electron chi connectivity index (χ1n) is 12.9. The summed E-state index contributed by atoms with van der Waals surface area (Å²) in [5.41, 5.74) is 0.190. The molecule has 0 saturated heterocycles. The number of carbonyl (C=O) groups is 6. The number of carbonyl (C=O) groups excluding carboxylic acids is 6. The Morgan fingerprint density at radius 1 is 0.488 bits per heavy atom. The topological polar surface area (TPSA) is 176 Å². The summed E-state index contributed by atoms with van der Waals surface area (Å²) in [5, 5.41) is 0. The molecule has 240 valence electrons. The molecule has 0 aromatic rings. The van der Waals surface area contributed by atoms with Crippen molar-refractivity contribution in [3.8, 4) is 0 Å². The van der Waals surface area contributed by atoms with Crippen molar-refractivity contribution in [3.05, 3.63) is 48.6 Å². The number of ether oxygens (including phenoxy) is 8. The zero-order chi connectivity index (χ0) is 33.6. The van der Waals surface area contributed by atoms with Crippen LogP contribution in [0.2, 0.25) is 0 Å². The van der Waals surface area contributed by atoms with Gasteiger partial charge < -0.3 is 37.9 Å². The molecule has 0 aliphatic carbocycles. The highest BCUT2D eigenvalue weighted by Gasteiger charge is 2.33. The number of rotatable bonds is 18. The van der Waals surface area contributed by atoms with Crippen molar-refractivity contribution in [3.63, 3.8) is 0 Å². The lowest BCUT2D eigenvalue weighted by atomic mass is 10.3. The van der Waals surface area contributed by atoms with Crippen LogP contribution in [0.1, 0.15) is 55.4 Å². The molecule has 0 saturated carbocycles. The Hall–Kier alpha value is -4.30. The molecule has 0 heterocycles. The highest BCUT2D eigenvalue weighted by atomic mass is 16.8. The van der Waals surface area contributed by atoms with Crippen molar-refractivity contribution >= 4 is 35.8 Å². The summed E-state index contributed by atoms with van der Waals surface area (Å²) in [4.78, 5) is 72.7. The van der Waals surface area contributed by atoms with Gasteiger partial charge in [0.1, 0.15) is 0 Å². The van der Waals surface area contributed by atoms with Crippen molar-refractivity contribution in [2.75, 3.05) is 6.79 Å². The minimum absolute atomic E-state index is 0.0190. The molecule has 0 spiro atoms. The molecule has 0 bridgehead atoms. The van der Waals surface area contributed by atoms with E-state index in [1.807, 2.05) is 0 Å². The van der Waals surface area contributed by atoms with E-state index in [0.29, 0.717) is 0 Å². The van der Waals surface area contributed by atoms with Gasteiger partial charge >= 0.3 is 35.8 Å². The third kappa shape index (κ3) is 14.4. The Kier molecular flexibility index (Phi) is 16.5. The van der Waals surface area contributed by atoms with E-state index in [4.69, 9.17) is 37.9 Å². The summed E-state index contributed by atoms with van der Waals surface area (Å²) in [7, 11) is 0. The third-order valence-corrected chi connectivity index (χ3v) is 4.94. The predicted molar refractivity (Wildman–Crippen MR) is 148 cm³/mol. The summed E-state index contributed by atoms with van der Waals surface area (Å²) in [6, 6.07) is 0. The third-order valence-electron chi connectivity index (χ3n) is 4.94. The second-order valence-corrected chi connectivity index (χ2v) is 9.49. The maximum absolute atomic E-state index is 12.4. The van der Waals surface area contributed by atoms with Gasteiger partial charge in [0.25, 0.3) is 0 Å². The van der Waals surface area contributed by atoms with Crippen LogP contribution in [-0.2, 0) is 66.7 Å². The van der Waals surface area contributed by atoms with E-state index in [9.17, 15) is 28.8 Å². The van der Waals surface area contributed by atoms with Crippen molar-refractivity contribution in [2.45, 2.75) is 92.4 Å². The van der Waals surface area contributed by atoms with Crippen LogP contribution < -0.4 is 0 Å². The summed E-state index contributed by atoms with van der Waals surface area (Å²) >= 11 is 0. The fraction of sp³-hybridized carbons (Fsp3) is 0.517. The molecule has 0 radical (unpaired) electrons. The van der Waals surface area contributed by atoms with Crippen molar-refractivity contribution in [1.29, 1.82) is 0 Å². The largest absolute Gasteiger partial charge is 0.453 e. The van der Waals surface area contributed by atoms with E-state index in [2.05, 4.69) is 26.3 Å². The van der Waals surface area contributed by atoms with Gasteiger partial charge in [0.15, 0.2) is 24.4 Å². The first-order valence-corrected chi connectivity index (χ1v) is 12.9. The van der Waals surface area contributed by atoms with Crippen LogP contribution in [0.4, 0.5) is 0 Å². The molecule has 14 heteroatoms. The smallest absolute Gasteiger partial charge is 0.338 e. The average molecular weight is 613 g/mol. The van der Waals surface area contributed by atoms with Gasteiger partial charge in [-0.15, -0.1) is 0 Å². The Balaban J connectivity index is 5.24. The molecule has 0 aromatic carbocycles. The average Bonchev–Trinajstić information content (AvgIpc) is 2.91. The summed E-state index contributed by atoms with van der Waals surface area (Å²) in [6.07, 6.45) is -8.19. The molecule has 0 aromatic heterocycles. The van der Waals surface area contributed by atoms with Crippen LogP contribution in [0.15, 0.2) is 48.6 Å². The van der Waals surface area contributed by atoms with Crippen LogP contribution >= 0.6 is 0 Å². The number of hydrogen-bond acceptors (Lipinski definition) is 14. The number of hydrogen-bond donors (Lipinski definition) is 0. The van der Waals surface area contributed by atoms with E-state index in [-0.39, 0.29) is 22.3 Å². The van der Waals surface area contributed by atoms with E-state index >= 15 is 0 Å². The Bertz CT molecular complexity index is 1030. The molecule has 0 aliphatic heterocycles. The van der Waals surface area contributed by atoms with Gasteiger partial charge in [-0.1, -0.05) is 26.3 Å². The molecule has 14 nitrogen and oxygen atoms in total. The fourth-order valence-electron chi connectivity index (χ4n) is 2.42. The van der Waals surface area contributed by atoms with E-state index in [0.717, 1.165) is 0 Å². The van der Waals surface area contributed by atoms with Crippen molar-refractivity contribution in [2.24, 2.45) is 0 Å². The van der Waals surface area contributed by atoms with Crippen molar-refractivity contribution < 1.29 is 66.7 Å². The predicted octanol–water partition coefficient (Wildman–Crippen LogP) is 2.75. The van der Waals surface area contributed by atoms with E-state index < -0.39 is 79.6 Å². The highest BCUT2D eigenvalue weighted by molar-refractivity contribution is 5.88. The van der Waals surface area contributed by atoms with E-state index in [1.54, 1.807) is 0 Å². The van der Waals surface area contributed by atoms with Gasteiger partial charge in [0, 0.05) is 22.3 Å². The molecule has 0 fully saturated rings. The minimum atomic E-state index is -1.54. The first-order chi connectivity index (χ1) is 19.8. The number of esters is 6. The highest BCUT2D eigenvalue weighted by Crippen LogP contribution is 2.15. The molecule has 6 unspecified atom stereocenters. The van der Waals surface area contributed by atoms with Crippen LogP contribution in [0.5, 0.6) is 0 Å². The van der Waals surface area contributed by atoms with E-state index in [1.165, 1.54) is 55.4 Å². The first kappa shape index (κ1) is 38.7. The van der Waals surface area contributed by atoms with Gasteiger partial charge in [0.2, 0.25) is 19.4 Å². The lowest BCUT2D eigenvalue weighted by Crippen LogP contribution is -2.41.